The Morgan fingerprint density at radius 1 is 1.03 bits per heavy atom. The van der Waals surface area contributed by atoms with Crippen molar-refractivity contribution in [1.29, 1.82) is 0 Å². The molecule has 0 aliphatic carbocycles. The van der Waals surface area contributed by atoms with Gasteiger partial charge in [0.1, 0.15) is 5.76 Å². The van der Waals surface area contributed by atoms with E-state index in [9.17, 15) is 13.5 Å². The molecule has 0 spiro atoms. The van der Waals surface area contributed by atoms with Gasteiger partial charge in [0.2, 0.25) is 10.0 Å². The molecule has 1 N–H and O–H groups in total. The average Bonchev–Trinajstić information content (AvgIpc) is 3.56. The molecule has 33 heavy (non-hydrogen) atoms. The highest BCUT2D eigenvalue weighted by molar-refractivity contribution is 7.89. The Morgan fingerprint density at radius 2 is 1.73 bits per heavy atom. The third-order valence-electron chi connectivity index (χ3n) is 6.26. The van der Waals surface area contributed by atoms with Gasteiger partial charge in [-0.1, -0.05) is 36.4 Å². The number of ether oxygens (including phenoxy) is 1. The highest BCUT2D eigenvalue weighted by atomic mass is 32.2. The summed E-state index contributed by atoms with van der Waals surface area (Å²) < 4.78 is 40.8. The number of aliphatic hydroxyl groups excluding tert-OH is 1. The van der Waals surface area contributed by atoms with Crippen LogP contribution in [-0.2, 0) is 27.8 Å². The minimum Gasteiger partial charge on any atom is -0.468 e. The summed E-state index contributed by atoms with van der Waals surface area (Å²) in [6.07, 6.45) is 1.37. The van der Waals surface area contributed by atoms with E-state index in [-0.39, 0.29) is 31.3 Å². The molecular formula is C25H28N2O5S. The zero-order valence-electron chi connectivity index (χ0n) is 18.3. The van der Waals surface area contributed by atoms with Crippen LogP contribution in [0, 0.1) is 5.92 Å². The SMILES string of the molecule is O=S(=O)(CC1CCOC1)N(Cc1ccco1)CC(O)Cn1c2ccccc2c2ccccc21. The van der Waals surface area contributed by atoms with Gasteiger partial charge in [-0.2, -0.15) is 4.31 Å². The minimum absolute atomic E-state index is 0.00973. The van der Waals surface area contributed by atoms with Crippen LogP contribution in [0.2, 0.25) is 0 Å². The molecular weight excluding hydrogens is 440 g/mol. The Balaban J connectivity index is 1.41. The second kappa shape index (κ2) is 9.30. The van der Waals surface area contributed by atoms with Crippen LogP contribution in [0.4, 0.5) is 0 Å². The van der Waals surface area contributed by atoms with Gasteiger partial charge in [0.25, 0.3) is 0 Å². The molecule has 0 amide bonds. The molecule has 0 saturated carbocycles. The summed E-state index contributed by atoms with van der Waals surface area (Å²) in [5, 5.41) is 13.3. The van der Waals surface area contributed by atoms with E-state index in [4.69, 9.17) is 9.15 Å². The number of rotatable bonds is 9. The second-order valence-electron chi connectivity index (χ2n) is 8.68. The Labute approximate surface area is 193 Å². The molecule has 8 heteroatoms. The van der Waals surface area contributed by atoms with E-state index in [1.165, 1.54) is 10.6 Å². The first kappa shape index (κ1) is 22.2. The lowest BCUT2D eigenvalue weighted by atomic mass is 10.2. The van der Waals surface area contributed by atoms with E-state index in [0.29, 0.717) is 19.0 Å². The Bertz CT molecular complexity index is 1270. The number of fused-ring (bicyclic) bond motifs is 3. The van der Waals surface area contributed by atoms with Gasteiger partial charge < -0.3 is 18.8 Å². The van der Waals surface area contributed by atoms with Crippen molar-refractivity contribution in [3.63, 3.8) is 0 Å². The minimum atomic E-state index is -3.62. The molecule has 174 valence electrons. The third kappa shape index (κ3) is 4.70. The van der Waals surface area contributed by atoms with Crippen molar-refractivity contribution in [2.75, 3.05) is 25.5 Å². The number of benzene rings is 2. The van der Waals surface area contributed by atoms with Crippen molar-refractivity contribution in [2.24, 2.45) is 5.92 Å². The summed E-state index contributed by atoms with van der Waals surface area (Å²) in [7, 11) is -3.62. The molecule has 1 saturated heterocycles. The predicted octanol–water partition coefficient (Wildman–Crippen LogP) is 3.62. The van der Waals surface area contributed by atoms with Gasteiger partial charge in [-0.3, -0.25) is 0 Å². The molecule has 0 radical (unpaired) electrons. The molecule has 2 atom stereocenters. The largest absolute Gasteiger partial charge is 0.468 e. The molecule has 1 aliphatic heterocycles. The van der Waals surface area contributed by atoms with Crippen molar-refractivity contribution < 1.29 is 22.7 Å². The Kier molecular flexibility index (Phi) is 6.25. The zero-order chi connectivity index (χ0) is 22.8. The monoisotopic (exact) mass is 468 g/mol. The zero-order valence-corrected chi connectivity index (χ0v) is 19.2. The van der Waals surface area contributed by atoms with E-state index in [2.05, 4.69) is 16.7 Å². The van der Waals surface area contributed by atoms with Crippen LogP contribution in [0.1, 0.15) is 12.2 Å². The lowest BCUT2D eigenvalue weighted by molar-refractivity contribution is 0.126. The molecule has 5 rings (SSSR count). The number of nitrogens with zero attached hydrogens (tertiary/aromatic N) is 2. The van der Waals surface area contributed by atoms with Crippen LogP contribution < -0.4 is 0 Å². The van der Waals surface area contributed by atoms with Gasteiger partial charge in [-0.25, -0.2) is 8.42 Å². The molecule has 3 heterocycles. The molecule has 4 aromatic rings. The normalized spacial score (nSPS) is 17.9. The van der Waals surface area contributed by atoms with E-state index >= 15 is 0 Å². The maximum Gasteiger partial charge on any atom is 0.214 e. The van der Waals surface area contributed by atoms with Crippen molar-refractivity contribution >= 4 is 31.8 Å². The van der Waals surface area contributed by atoms with Crippen molar-refractivity contribution in [2.45, 2.75) is 25.6 Å². The molecule has 2 aromatic heterocycles. The second-order valence-corrected chi connectivity index (χ2v) is 10.7. The summed E-state index contributed by atoms with van der Waals surface area (Å²) in [5.41, 5.74) is 2.03. The molecule has 7 nitrogen and oxygen atoms in total. The fraction of sp³-hybridized carbons (Fsp3) is 0.360. The van der Waals surface area contributed by atoms with E-state index < -0.39 is 16.1 Å². The number of furan rings is 1. The number of hydrogen-bond donors (Lipinski definition) is 1. The van der Waals surface area contributed by atoms with Gasteiger partial charge in [0.15, 0.2) is 0 Å². The van der Waals surface area contributed by atoms with E-state index in [1.807, 2.05) is 36.4 Å². The fourth-order valence-electron chi connectivity index (χ4n) is 4.67. The summed E-state index contributed by atoms with van der Waals surface area (Å²) in [5.74, 6) is 0.532. The summed E-state index contributed by atoms with van der Waals surface area (Å²) in [6, 6.07) is 19.6. The molecule has 1 aliphatic rings. The maximum absolute atomic E-state index is 13.3. The number of para-hydroxylation sites is 2. The summed E-state index contributed by atoms with van der Waals surface area (Å²) in [6.45, 7) is 1.40. The molecule has 2 aromatic carbocycles. The van der Waals surface area contributed by atoms with Crippen LogP contribution in [0.5, 0.6) is 0 Å². The first-order chi connectivity index (χ1) is 16.0. The molecule has 2 unspecified atom stereocenters. The first-order valence-electron chi connectivity index (χ1n) is 11.2. The number of sulfonamides is 1. The van der Waals surface area contributed by atoms with Crippen LogP contribution in [0.25, 0.3) is 21.8 Å². The summed E-state index contributed by atoms with van der Waals surface area (Å²) >= 11 is 0. The van der Waals surface area contributed by atoms with Crippen molar-refractivity contribution in [1.82, 2.24) is 8.87 Å². The predicted molar refractivity (Wildman–Crippen MR) is 127 cm³/mol. The lowest BCUT2D eigenvalue weighted by Crippen LogP contribution is -2.41. The quantitative estimate of drug-likeness (QED) is 0.406. The standard InChI is InChI=1S/C25H28N2O5S/c28-20(15-27-24-9-3-1-7-22(24)23-8-2-4-10-25(23)27)14-26(16-21-6-5-12-32-21)33(29,30)18-19-11-13-31-17-19/h1-10,12,19-20,28H,11,13-18H2. The van der Waals surface area contributed by atoms with Gasteiger partial charge in [0.05, 0.1) is 37.8 Å². The van der Waals surface area contributed by atoms with Gasteiger partial charge in [-0.15, -0.1) is 0 Å². The maximum atomic E-state index is 13.3. The first-order valence-corrected chi connectivity index (χ1v) is 12.8. The van der Waals surface area contributed by atoms with E-state index in [1.54, 1.807) is 12.1 Å². The van der Waals surface area contributed by atoms with E-state index in [0.717, 1.165) is 28.2 Å². The lowest BCUT2D eigenvalue weighted by Gasteiger charge is -2.25. The molecule has 1 fully saturated rings. The van der Waals surface area contributed by atoms with Crippen LogP contribution in [-0.4, -0.2) is 54.0 Å². The number of aromatic nitrogens is 1. The smallest absolute Gasteiger partial charge is 0.214 e. The topological polar surface area (TPSA) is 84.9 Å². The number of hydrogen-bond acceptors (Lipinski definition) is 5. The average molecular weight is 469 g/mol. The van der Waals surface area contributed by atoms with Gasteiger partial charge in [-0.05, 0) is 36.6 Å². The molecule has 0 bridgehead atoms. The number of aliphatic hydroxyl groups is 1. The van der Waals surface area contributed by atoms with Gasteiger partial charge >= 0.3 is 0 Å². The van der Waals surface area contributed by atoms with Crippen molar-refractivity contribution in [3.05, 3.63) is 72.7 Å². The summed E-state index contributed by atoms with van der Waals surface area (Å²) in [4.78, 5) is 0. The van der Waals surface area contributed by atoms with Crippen LogP contribution in [0.15, 0.2) is 71.3 Å². The third-order valence-corrected chi connectivity index (χ3v) is 8.22. The van der Waals surface area contributed by atoms with Crippen molar-refractivity contribution in [3.8, 4) is 0 Å². The van der Waals surface area contributed by atoms with Crippen LogP contribution >= 0.6 is 0 Å². The van der Waals surface area contributed by atoms with Gasteiger partial charge in [0, 0.05) is 35.0 Å². The highest BCUT2D eigenvalue weighted by Crippen LogP contribution is 2.29. The van der Waals surface area contributed by atoms with Crippen LogP contribution in [0.3, 0.4) is 0 Å². The highest BCUT2D eigenvalue weighted by Gasteiger charge is 2.31. The Morgan fingerprint density at radius 3 is 2.33 bits per heavy atom. The Hall–Kier alpha value is -2.65. The fourth-order valence-corrected chi connectivity index (χ4v) is 6.47.